The summed E-state index contributed by atoms with van der Waals surface area (Å²) in [4.78, 5) is 25.0. The van der Waals surface area contributed by atoms with Crippen LogP contribution in [0.2, 0.25) is 0 Å². The molecule has 1 N–H and O–H groups in total. The van der Waals surface area contributed by atoms with Gasteiger partial charge < -0.3 is 10.2 Å². The maximum absolute atomic E-state index is 12.7. The van der Waals surface area contributed by atoms with Crippen molar-refractivity contribution < 1.29 is 9.72 Å². The van der Waals surface area contributed by atoms with E-state index in [1.165, 1.54) is 29.4 Å². The molecule has 10 heteroatoms. The van der Waals surface area contributed by atoms with Gasteiger partial charge in [-0.25, -0.2) is 4.68 Å². The summed E-state index contributed by atoms with van der Waals surface area (Å²) in [6, 6.07) is 6.92. The topological polar surface area (TPSA) is 106 Å². The molecular formula is C16H19ClN6O3. The minimum absolute atomic E-state index is 0. The van der Waals surface area contributed by atoms with Crippen LogP contribution in [0.15, 0.2) is 30.5 Å². The van der Waals surface area contributed by atoms with E-state index in [-0.39, 0.29) is 29.7 Å². The molecular weight excluding hydrogens is 360 g/mol. The average Bonchev–Trinajstić information content (AvgIpc) is 3.21. The van der Waals surface area contributed by atoms with Crippen LogP contribution in [-0.2, 0) is 0 Å². The average molecular weight is 379 g/mol. The van der Waals surface area contributed by atoms with Crippen molar-refractivity contribution in [2.24, 2.45) is 0 Å². The highest BCUT2D eigenvalue weighted by atomic mass is 35.5. The minimum atomic E-state index is -0.467. The van der Waals surface area contributed by atoms with E-state index in [0.29, 0.717) is 30.9 Å². The van der Waals surface area contributed by atoms with E-state index in [9.17, 15) is 14.9 Å². The third-order valence-corrected chi connectivity index (χ3v) is 4.83. The second-order valence-corrected chi connectivity index (χ2v) is 6.50. The van der Waals surface area contributed by atoms with Gasteiger partial charge in [-0.2, -0.15) is 0 Å². The van der Waals surface area contributed by atoms with Gasteiger partial charge in [-0.3, -0.25) is 14.9 Å². The van der Waals surface area contributed by atoms with Crippen molar-refractivity contribution >= 4 is 24.0 Å². The molecule has 1 aromatic heterocycles. The Morgan fingerprint density at radius 3 is 2.88 bits per heavy atom. The molecule has 2 unspecified atom stereocenters. The number of nitro benzene ring substituents is 1. The number of nitrogens with zero attached hydrogens (tertiary/aromatic N) is 5. The molecule has 0 aliphatic carbocycles. The van der Waals surface area contributed by atoms with Gasteiger partial charge in [0.25, 0.3) is 11.6 Å². The Balaban J connectivity index is 0.00000196. The zero-order valence-corrected chi connectivity index (χ0v) is 14.8. The summed E-state index contributed by atoms with van der Waals surface area (Å²) in [7, 11) is 0. The first-order valence-electron chi connectivity index (χ1n) is 8.32. The van der Waals surface area contributed by atoms with Crippen LogP contribution in [0.1, 0.15) is 29.8 Å². The summed E-state index contributed by atoms with van der Waals surface area (Å²) in [5, 5.41) is 22.4. The Hall–Kier alpha value is -2.52. The lowest BCUT2D eigenvalue weighted by Gasteiger charge is -2.23. The highest BCUT2D eigenvalue weighted by molar-refractivity contribution is 5.92. The molecule has 26 heavy (non-hydrogen) atoms. The van der Waals surface area contributed by atoms with Crippen LogP contribution in [0.5, 0.6) is 0 Å². The molecule has 3 heterocycles. The maximum atomic E-state index is 12.7. The third kappa shape index (κ3) is 3.54. The van der Waals surface area contributed by atoms with Crippen molar-refractivity contribution in [2.75, 3.05) is 13.1 Å². The molecule has 0 spiro atoms. The largest absolute Gasteiger partial charge is 0.336 e. The number of hydrogen-bond acceptors (Lipinski definition) is 6. The molecule has 2 aliphatic rings. The van der Waals surface area contributed by atoms with Crippen LogP contribution >= 0.6 is 12.4 Å². The number of carbonyl (C=O) groups excluding carboxylic acids is 1. The summed E-state index contributed by atoms with van der Waals surface area (Å²) in [5.41, 5.74) is 0.720. The van der Waals surface area contributed by atoms with E-state index >= 15 is 0 Å². The molecule has 2 aromatic rings. The number of benzene rings is 1. The van der Waals surface area contributed by atoms with E-state index in [2.05, 4.69) is 15.6 Å². The summed E-state index contributed by atoms with van der Waals surface area (Å²) < 4.78 is 1.39. The lowest BCUT2D eigenvalue weighted by Crippen LogP contribution is -2.39. The van der Waals surface area contributed by atoms with Crippen LogP contribution in [0.4, 0.5) is 5.69 Å². The minimum Gasteiger partial charge on any atom is -0.336 e. The summed E-state index contributed by atoms with van der Waals surface area (Å²) >= 11 is 0. The molecule has 2 bridgehead atoms. The zero-order chi connectivity index (χ0) is 17.4. The zero-order valence-electron chi connectivity index (χ0n) is 13.9. The predicted octanol–water partition coefficient (Wildman–Crippen LogP) is 1.56. The van der Waals surface area contributed by atoms with Crippen LogP contribution in [0.3, 0.4) is 0 Å². The SMILES string of the molecule is Cl.O=C(c1cn(-c2cccc([N+](=O)[O-])c2)nn1)N1CCC2CCC(C1)N2. The van der Waals surface area contributed by atoms with E-state index in [1.807, 2.05) is 4.90 Å². The number of carbonyl (C=O) groups is 1. The molecule has 0 radical (unpaired) electrons. The molecule has 4 rings (SSSR count). The molecule has 2 fully saturated rings. The molecule has 2 aliphatic heterocycles. The monoisotopic (exact) mass is 378 g/mol. The first kappa shape index (κ1) is 18.3. The van der Waals surface area contributed by atoms with Crippen molar-refractivity contribution in [1.29, 1.82) is 0 Å². The van der Waals surface area contributed by atoms with E-state index in [0.717, 1.165) is 12.8 Å². The first-order chi connectivity index (χ1) is 12.1. The van der Waals surface area contributed by atoms with Crippen LogP contribution in [0, 0.1) is 10.1 Å². The lowest BCUT2D eigenvalue weighted by molar-refractivity contribution is -0.384. The third-order valence-electron chi connectivity index (χ3n) is 4.83. The van der Waals surface area contributed by atoms with Gasteiger partial charge in [0, 0.05) is 37.3 Å². The molecule has 1 aromatic carbocycles. The number of likely N-dealkylation sites (tertiary alicyclic amines) is 1. The van der Waals surface area contributed by atoms with Crippen LogP contribution in [0.25, 0.3) is 5.69 Å². The number of amides is 1. The van der Waals surface area contributed by atoms with Gasteiger partial charge in [0.15, 0.2) is 5.69 Å². The fourth-order valence-electron chi connectivity index (χ4n) is 3.53. The lowest BCUT2D eigenvalue weighted by atomic mass is 10.1. The number of rotatable bonds is 3. The first-order valence-corrected chi connectivity index (χ1v) is 8.32. The van der Waals surface area contributed by atoms with E-state index < -0.39 is 4.92 Å². The summed E-state index contributed by atoms with van der Waals surface area (Å²) in [6.45, 7) is 1.38. The number of nitrogens with one attached hydrogen (secondary N) is 1. The standard InChI is InChI=1S/C16H18N6O3.ClH/c23-16(20-7-6-11-4-5-12(9-20)17-11)15-10-21(19-18-15)13-2-1-3-14(8-13)22(24)25;/h1-3,8,10-12,17H,4-7,9H2;1H. The highest BCUT2D eigenvalue weighted by Crippen LogP contribution is 2.21. The Kier molecular flexibility index (Phi) is 5.19. The summed E-state index contributed by atoms with van der Waals surface area (Å²) in [5.74, 6) is -0.147. The number of nitro groups is 1. The van der Waals surface area contributed by atoms with E-state index in [4.69, 9.17) is 0 Å². The number of halogens is 1. The normalized spacial score (nSPS) is 21.8. The van der Waals surface area contributed by atoms with Gasteiger partial charge in [0.1, 0.15) is 0 Å². The maximum Gasteiger partial charge on any atom is 0.276 e. The van der Waals surface area contributed by atoms with Crippen molar-refractivity contribution in [3.63, 3.8) is 0 Å². The highest BCUT2D eigenvalue weighted by Gasteiger charge is 2.32. The Labute approximate surface area is 155 Å². The smallest absolute Gasteiger partial charge is 0.276 e. The molecule has 0 saturated carbocycles. The second-order valence-electron chi connectivity index (χ2n) is 6.50. The van der Waals surface area contributed by atoms with Gasteiger partial charge in [-0.15, -0.1) is 17.5 Å². The molecule has 2 saturated heterocycles. The van der Waals surface area contributed by atoms with Crippen molar-refractivity contribution in [1.82, 2.24) is 25.2 Å². The fraction of sp³-hybridized carbons (Fsp3) is 0.438. The Morgan fingerprint density at radius 2 is 2.08 bits per heavy atom. The number of non-ortho nitro benzene ring substituents is 1. The summed E-state index contributed by atoms with van der Waals surface area (Å²) in [6.07, 6.45) is 4.74. The van der Waals surface area contributed by atoms with Crippen LogP contribution in [-0.4, -0.2) is 55.9 Å². The number of hydrogen-bond donors (Lipinski definition) is 1. The van der Waals surface area contributed by atoms with Gasteiger partial charge in [0.05, 0.1) is 16.8 Å². The van der Waals surface area contributed by atoms with Crippen molar-refractivity contribution in [3.8, 4) is 5.69 Å². The fourth-order valence-corrected chi connectivity index (χ4v) is 3.53. The van der Waals surface area contributed by atoms with Gasteiger partial charge in [0.2, 0.25) is 0 Å². The quantitative estimate of drug-likeness (QED) is 0.641. The Bertz CT molecular complexity index is 826. The van der Waals surface area contributed by atoms with Gasteiger partial charge in [-0.05, 0) is 25.3 Å². The van der Waals surface area contributed by atoms with Gasteiger partial charge in [-0.1, -0.05) is 11.3 Å². The molecule has 1 amide bonds. The molecule has 138 valence electrons. The van der Waals surface area contributed by atoms with E-state index in [1.54, 1.807) is 12.1 Å². The number of fused-ring (bicyclic) bond motifs is 2. The second kappa shape index (κ2) is 7.38. The molecule has 2 atom stereocenters. The predicted molar refractivity (Wildman–Crippen MR) is 95.7 cm³/mol. The number of aromatic nitrogens is 3. The van der Waals surface area contributed by atoms with Crippen molar-refractivity contribution in [3.05, 3.63) is 46.3 Å². The van der Waals surface area contributed by atoms with Crippen molar-refractivity contribution in [2.45, 2.75) is 31.3 Å². The van der Waals surface area contributed by atoms with Gasteiger partial charge >= 0.3 is 0 Å². The Morgan fingerprint density at radius 1 is 1.27 bits per heavy atom. The molecule has 9 nitrogen and oxygen atoms in total. The van der Waals surface area contributed by atoms with Crippen LogP contribution < -0.4 is 5.32 Å².